The van der Waals surface area contributed by atoms with E-state index in [1.54, 1.807) is 0 Å². The van der Waals surface area contributed by atoms with Crippen LogP contribution in [0.2, 0.25) is 0 Å². The Balaban J connectivity index is 0.000000704. The zero-order valence-electron chi connectivity index (χ0n) is 10.7. The molecule has 1 N–H and O–H groups in total. The van der Waals surface area contributed by atoms with Crippen molar-refractivity contribution in [2.75, 3.05) is 5.32 Å². The van der Waals surface area contributed by atoms with Gasteiger partial charge in [-0.05, 0) is 49.2 Å². The van der Waals surface area contributed by atoms with Crippen LogP contribution in [0.25, 0.3) is 0 Å². The fourth-order valence-electron chi connectivity index (χ4n) is 2.15. The second-order valence-corrected chi connectivity index (χ2v) is 7.33. The van der Waals surface area contributed by atoms with E-state index < -0.39 is 0 Å². The van der Waals surface area contributed by atoms with Crippen molar-refractivity contribution in [2.24, 2.45) is 0 Å². The second-order valence-electron chi connectivity index (χ2n) is 4.42. The molecule has 0 atom stereocenters. The third kappa shape index (κ3) is 3.46. The summed E-state index contributed by atoms with van der Waals surface area (Å²) >= 11 is 14.4. The maximum Gasteiger partial charge on any atom is 0.0556 e. The van der Waals surface area contributed by atoms with Gasteiger partial charge in [0.2, 0.25) is 0 Å². The van der Waals surface area contributed by atoms with Gasteiger partial charge in [0.05, 0.1) is 11.4 Å². The molecule has 0 aliphatic carbocycles. The highest BCUT2D eigenvalue weighted by Crippen LogP contribution is 2.48. The molecule has 0 bridgehead atoms. The number of halogens is 4. The number of hydrogen-bond acceptors (Lipinski definition) is 2. The van der Waals surface area contributed by atoms with E-state index in [1.165, 1.54) is 32.3 Å². The highest BCUT2D eigenvalue weighted by atomic mass is 80.9. The molecule has 0 amide bonds. The van der Waals surface area contributed by atoms with Crippen molar-refractivity contribution in [2.45, 2.75) is 23.6 Å². The summed E-state index contributed by atoms with van der Waals surface area (Å²) in [6, 6.07) is 8.62. The fourth-order valence-corrected chi connectivity index (χ4v) is 4.83. The zero-order valence-corrected chi connectivity index (χ0v) is 17.9. The average molecular weight is 545 g/mol. The molecule has 0 saturated heterocycles. The largest absolute Gasteiger partial charge is 0.353 e. The molecular formula is C14H11Br4NS. The molecule has 0 saturated carbocycles. The molecule has 2 aromatic rings. The Morgan fingerprint density at radius 2 is 1.20 bits per heavy atom. The third-order valence-corrected chi connectivity index (χ3v) is 5.00. The number of anilines is 2. The molecule has 3 rings (SSSR count). The smallest absolute Gasteiger partial charge is 0.0556 e. The van der Waals surface area contributed by atoms with Crippen LogP contribution in [-0.2, 0) is 0 Å². The van der Waals surface area contributed by atoms with Crippen LogP contribution in [0.4, 0.5) is 11.4 Å². The average Bonchev–Trinajstić information content (AvgIpc) is 2.39. The molecule has 0 aromatic heterocycles. The lowest BCUT2D eigenvalue weighted by molar-refractivity contribution is 1.23. The lowest BCUT2D eigenvalue weighted by atomic mass is 10.1. The molecular weight excluding hydrogens is 534 g/mol. The summed E-state index contributed by atoms with van der Waals surface area (Å²) in [6.45, 7) is 4.27. The number of rotatable bonds is 0. The van der Waals surface area contributed by atoms with E-state index in [0.29, 0.717) is 0 Å². The summed E-state index contributed by atoms with van der Waals surface area (Å²) < 4.78 is 2.26. The Kier molecular flexibility index (Phi) is 6.06. The molecule has 106 valence electrons. The van der Waals surface area contributed by atoms with E-state index in [-0.39, 0.29) is 0 Å². The first-order valence-electron chi connectivity index (χ1n) is 5.74. The number of nitrogens with one attached hydrogen (secondary N) is 1. The van der Waals surface area contributed by atoms with Crippen LogP contribution in [0.3, 0.4) is 0 Å². The van der Waals surface area contributed by atoms with Gasteiger partial charge in [0.1, 0.15) is 0 Å². The molecule has 0 unspecified atom stereocenters. The Morgan fingerprint density at radius 3 is 1.60 bits per heavy atom. The summed E-state index contributed by atoms with van der Waals surface area (Å²) in [5.41, 5.74) is 4.97. The minimum atomic E-state index is 1.13. The molecule has 2 aromatic carbocycles. The van der Waals surface area contributed by atoms with Crippen LogP contribution < -0.4 is 5.32 Å². The van der Waals surface area contributed by atoms with Crippen molar-refractivity contribution in [1.82, 2.24) is 0 Å². The summed E-state index contributed by atoms with van der Waals surface area (Å²) in [5.74, 6) is 0. The van der Waals surface area contributed by atoms with E-state index in [4.69, 9.17) is 0 Å². The van der Waals surface area contributed by atoms with Crippen molar-refractivity contribution in [3.63, 3.8) is 0 Å². The summed E-state index contributed by atoms with van der Waals surface area (Å²) in [5, 5.41) is 3.57. The summed E-state index contributed by atoms with van der Waals surface area (Å²) in [7, 11) is 0. The van der Waals surface area contributed by atoms with Crippen molar-refractivity contribution >= 4 is 83.3 Å². The van der Waals surface area contributed by atoms with Crippen molar-refractivity contribution < 1.29 is 0 Å². The Hall–Kier alpha value is 0.510. The monoisotopic (exact) mass is 541 g/mol. The second kappa shape index (κ2) is 7.18. The van der Waals surface area contributed by atoms with Gasteiger partial charge in [-0.25, -0.2) is 0 Å². The van der Waals surface area contributed by atoms with Gasteiger partial charge in [-0.15, -0.1) is 0 Å². The van der Waals surface area contributed by atoms with Gasteiger partial charge >= 0.3 is 0 Å². The number of hydrogen-bond donors (Lipinski definition) is 1. The van der Waals surface area contributed by atoms with Crippen molar-refractivity contribution in [1.29, 1.82) is 0 Å². The Labute approximate surface area is 155 Å². The Morgan fingerprint density at radius 1 is 0.800 bits per heavy atom. The SMILES string of the molecule is BrBr.Cc1cc(Br)cc2c1Nc1c(C)cc(Br)cc1S2. The van der Waals surface area contributed by atoms with Gasteiger partial charge in [0, 0.05) is 47.0 Å². The maximum atomic E-state index is 3.57. The van der Waals surface area contributed by atoms with Crippen LogP contribution in [0.1, 0.15) is 11.1 Å². The van der Waals surface area contributed by atoms with E-state index >= 15 is 0 Å². The van der Waals surface area contributed by atoms with Crippen LogP contribution in [-0.4, -0.2) is 0 Å². The molecule has 1 heterocycles. The van der Waals surface area contributed by atoms with Gasteiger partial charge in [0.25, 0.3) is 0 Å². The molecule has 0 fully saturated rings. The lowest BCUT2D eigenvalue weighted by Crippen LogP contribution is -2.03. The lowest BCUT2D eigenvalue weighted by Gasteiger charge is -2.24. The summed E-state index contributed by atoms with van der Waals surface area (Å²) in [4.78, 5) is 2.54. The van der Waals surface area contributed by atoms with Crippen molar-refractivity contribution in [3.05, 3.63) is 44.3 Å². The third-order valence-electron chi connectivity index (χ3n) is 3.00. The quantitative estimate of drug-likeness (QED) is 0.311. The highest BCUT2D eigenvalue weighted by molar-refractivity contribution is 9.93. The zero-order chi connectivity index (χ0) is 14.9. The predicted molar refractivity (Wildman–Crippen MR) is 103 cm³/mol. The van der Waals surface area contributed by atoms with Gasteiger partial charge in [0.15, 0.2) is 0 Å². The number of benzene rings is 2. The molecule has 6 heteroatoms. The van der Waals surface area contributed by atoms with E-state index in [2.05, 4.69) is 104 Å². The standard InChI is InChI=1S/C14H11Br2NS.Br2/c1-7-3-9(15)5-11-13(7)17-14-8(2)4-10(16)6-12(14)18-11;1-2/h3-6,17H,1-2H3;. The first-order chi connectivity index (χ1) is 9.54. The van der Waals surface area contributed by atoms with Crippen molar-refractivity contribution in [3.8, 4) is 0 Å². The molecule has 20 heavy (non-hydrogen) atoms. The molecule has 0 spiro atoms. The van der Waals surface area contributed by atoms with E-state index in [1.807, 2.05) is 11.8 Å². The maximum absolute atomic E-state index is 3.57. The minimum absolute atomic E-state index is 1.13. The van der Waals surface area contributed by atoms with E-state index in [0.717, 1.165) is 8.95 Å². The number of aryl methyl sites for hydroxylation is 2. The first kappa shape index (κ1) is 16.9. The minimum Gasteiger partial charge on any atom is -0.353 e. The predicted octanol–water partition coefficient (Wildman–Crippen LogP) is 7.73. The Bertz CT molecular complexity index is 603. The normalized spacial score (nSPS) is 11.7. The van der Waals surface area contributed by atoms with Gasteiger partial charge in [-0.1, -0.05) is 43.6 Å². The summed E-state index contributed by atoms with van der Waals surface area (Å²) in [6.07, 6.45) is 0. The fraction of sp³-hybridized carbons (Fsp3) is 0.143. The van der Waals surface area contributed by atoms with Gasteiger partial charge in [-0.2, -0.15) is 0 Å². The number of fused-ring (bicyclic) bond motifs is 2. The van der Waals surface area contributed by atoms with Gasteiger partial charge < -0.3 is 5.32 Å². The van der Waals surface area contributed by atoms with Crippen LogP contribution >= 0.6 is 71.9 Å². The van der Waals surface area contributed by atoms with Crippen LogP contribution in [0.15, 0.2) is 43.0 Å². The first-order valence-corrected chi connectivity index (χ1v) is 11.9. The van der Waals surface area contributed by atoms with Crippen LogP contribution in [0, 0.1) is 13.8 Å². The molecule has 1 aliphatic rings. The highest BCUT2D eigenvalue weighted by Gasteiger charge is 2.19. The molecule has 0 radical (unpaired) electrons. The topological polar surface area (TPSA) is 12.0 Å². The van der Waals surface area contributed by atoms with Crippen LogP contribution in [0.5, 0.6) is 0 Å². The van der Waals surface area contributed by atoms with Gasteiger partial charge in [-0.3, -0.25) is 0 Å². The molecule has 1 nitrogen and oxygen atoms in total. The van der Waals surface area contributed by atoms with E-state index in [9.17, 15) is 0 Å². The molecule has 1 aliphatic heterocycles.